The predicted octanol–water partition coefficient (Wildman–Crippen LogP) is 1.69. The fraction of sp³-hybridized carbons (Fsp3) is 0.458. The van der Waals surface area contributed by atoms with Gasteiger partial charge < -0.3 is 15.0 Å². The molecule has 1 saturated heterocycles. The van der Waals surface area contributed by atoms with Crippen LogP contribution in [0.4, 0.5) is 5.82 Å². The number of fused-ring (bicyclic) bond motifs is 1. The lowest BCUT2D eigenvalue weighted by molar-refractivity contribution is -0.127. The number of nitrogens with one attached hydrogen (secondary N) is 1. The lowest BCUT2D eigenvalue weighted by atomic mass is 10.1. The van der Waals surface area contributed by atoms with Crippen LogP contribution in [0.1, 0.15) is 24.5 Å². The van der Waals surface area contributed by atoms with Gasteiger partial charge in [0.1, 0.15) is 0 Å². The van der Waals surface area contributed by atoms with Gasteiger partial charge in [0.05, 0.1) is 0 Å². The molecule has 1 unspecified atom stereocenters. The maximum Gasteiger partial charge on any atom is 0.274 e. The van der Waals surface area contributed by atoms with Crippen molar-refractivity contribution in [2.24, 2.45) is 0 Å². The number of carbonyl (C=O) groups excluding carboxylic acids is 2. The Morgan fingerprint density at radius 3 is 2.66 bits per heavy atom. The topological polar surface area (TPSA) is 78.0 Å². The third-order valence-corrected chi connectivity index (χ3v) is 5.98. The molecule has 2 aromatic rings. The quantitative estimate of drug-likeness (QED) is 0.677. The molecule has 2 aliphatic rings. The van der Waals surface area contributed by atoms with Crippen LogP contribution in [-0.2, 0) is 9.59 Å². The SMILES string of the molecule is CN1CCN(CCNC(=O)CCCN2C(=O)C(c3ccccc3)Oc3cccnc32)CC1. The van der Waals surface area contributed by atoms with E-state index in [-0.39, 0.29) is 11.8 Å². The second kappa shape index (κ2) is 10.6. The molecule has 1 fully saturated rings. The summed E-state index contributed by atoms with van der Waals surface area (Å²) in [5.41, 5.74) is 0.804. The number of pyridine rings is 1. The second-order valence-electron chi connectivity index (χ2n) is 8.32. The monoisotopic (exact) mass is 437 g/mol. The number of hydrogen-bond acceptors (Lipinski definition) is 6. The Bertz CT molecular complexity index is 915. The van der Waals surface area contributed by atoms with Gasteiger partial charge in [-0.1, -0.05) is 30.3 Å². The molecule has 170 valence electrons. The Balaban J connectivity index is 1.29. The first-order valence-electron chi connectivity index (χ1n) is 11.3. The second-order valence-corrected chi connectivity index (χ2v) is 8.32. The highest BCUT2D eigenvalue weighted by Crippen LogP contribution is 2.37. The summed E-state index contributed by atoms with van der Waals surface area (Å²) in [5, 5.41) is 3.01. The summed E-state index contributed by atoms with van der Waals surface area (Å²) in [5.74, 6) is 0.955. The molecule has 3 heterocycles. The van der Waals surface area contributed by atoms with E-state index in [1.165, 1.54) is 0 Å². The summed E-state index contributed by atoms with van der Waals surface area (Å²) in [6.45, 7) is 6.17. The van der Waals surface area contributed by atoms with Crippen molar-refractivity contribution in [1.82, 2.24) is 20.1 Å². The molecule has 0 radical (unpaired) electrons. The number of aromatic nitrogens is 1. The summed E-state index contributed by atoms with van der Waals surface area (Å²) < 4.78 is 5.96. The summed E-state index contributed by atoms with van der Waals surface area (Å²) in [7, 11) is 2.13. The highest BCUT2D eigenvalue weighted by atomic mass is 16.5. The van der Waals surface area contributed by atoms with E-state index < -0.39 is 6.10 Å². The first-order chi connectivity index (χ1) is 15.6. The molecule has 4 rings (SSSR count). The van der Waals surface area contributed by atoms with Crippen LogP contribution in [-0.4, -0.2) is 79.5 Å². The third-order valence-electron chi connectivity index (χ3n) is 5.98. The van der Waals surface area contributed by atoms with Crippen molar-refractivity contribution in [3.8, 4) is 5.75 Å². The smallest absolute Gasteiger partial charge is 0.274 e. The standard InChI is InChI=1S/C24H31N5O3/c1-27-15-17-28(18-16-27)14-12-25-21(30)10-6-13-29-23-20(9-5-11-26-23)32-22(24(29)31)19-7-3-2-4-8-19/h2-5,7-9,11,22H,6,10,12-18H2,1H3,(H,25,30). The Morgan fingerprint density at radius 2 is 1.88 bits per heavy atom. The highest BCUT2D eigenvalue weighted by molar-refractivity contribution is 5.99. The zero-order valence-electron chi connectivity index (χ0n) is 18.6. The van der Waals surface area contributed by atoms with Crippen LogP contribution in [0.5, 0.6) is 5.75 Å². The van der Waals surface area contributed by atoms with Gasteiger partial charge in [0, 0.05) is 64.0 Å². The molecule has 1 aromatic carbocycles. The van der Waals surface area contributed by atoms with E-state index in [0.29, 0.717) is 37.5 Å². The average molecular weight is 438 g/mol. The van der Waals surface area contributed by atoms with Crippen LogP contribution in [0.2, 0.25) is 0 Å². The zero-order chi connectivity index (χ0) is 22.3. The number of piperazine rings is 1. The maximum atomic E-state index is 13.2. The molecule has 8 nitrogen and oxygen atoms in total. The highest BCUT2D eigenvalue weighted by Gasteiger charge is 2.36. The number of amides is 2. The van der Waals surface area contributed by atoms with Crippen molar-refractivity contribution in [2.75, 3.05) is 57.8 Å². The number of anilines is 1. The van der Waals surface area contributed by atoms with Crippen LogP contribution in [0.3, 0.4) is 0 Å². The lowest BCUT2D eigenvalue weighted by Crippen LogP contribution is -2.47. The van der Waals surface area contributed by atoms with Crippen molar-refractivity contribution < 1.29 is 14.3 Å². The first kappa shape index (κ1) is 22.2. The molecule has 0 bridgehead atoms. The minimum atomic E-state index is -0.703. The van der Waals surface area contributed by atoms with E-state index in [1.807, 2.05) is 36.4 Å². The number of rotatable bonds is 8. The van der Waals surface area contributed by atoms with E-state index in [9.17, 15) is 9.59 Å². The van der Waals surface area contributed by atoms with Crippen LogP contribution < -0.4 is 15.0 Å². The van der Waals surface area contributed by atoms with Crippen molar-refractivity contribution in [3.05, 3.63) is 54.2 Å². The van der Waals surface area contributed by atoms with Crippen molar-refractivity contribution in [3.63, 3.8) is 0 Å². The van der Waals surface area contributed by atoms with E-state index in [4.69, 9.17) is 4.74 Å². The largest absolute Gasteiger partial charge is 0.472 e. The summed E-state index contributed by atoms with van der Waals surface area (Å²) in [6.07, 6.45) is 1.87. The molecule has 32 heavy (non-hydrogen) atoms. The van der Waals surface area contributed by atoms with Crippen LogP contribution in [0.25, 0.3) is 0 Å². The lowest BCUT2D eigenvalue weighted by Gasteiger charge is -2.33. The van der Waals surface area contributed by atoms with E-state index in [1.54, 1.807) is 17.2 Å². The Labute approximate surface area is 189 Å². The molecular formula is C24H31N5O3. The minimum Gasteiger partial charge on any atom is -0.472 e. The van der Waals surface area contributed by atoms with Gasteiger partial charge >= 0.3 is 0 Å². The predicted molar refractivity (Wildman–Crippen MR) is 123 cm³/mol. The number of carbonyl (C=O) groups is 2. The van der Waals surface area contributed by atoms with Crippen LogP contribution in [0.15, 0.2) is 48.7 Å². The third kappa shape index (κ3) is 5.44. The van der Waals surface area contributed by atoms with Crippen molar-refractivity contribution in [2.45, 2.75) is 18.9 Å². The Hall–Kier alpha value is -2.97. The molecule has 0 spiro atoms. The molecule has 1 N–H and O–H groups in total. The number of benzene rings is 1. The molecule has 2 amide bonds. The molecule has 1 aromatic heterocycles. The van der Waals surface area contributed by atoms with Crippen LogP contribution >= 0.6 is 0 Å². The molecular weight excluding hydrogens is 406 g/mol. The molecule has 1 atom stereocenters. The molecule has 2 aliphatic heterocycles. The van der Waals surface area contributed by atoms with Gasteiger partial charge in [-0.3, -0.25) is 19.4 Å². The number of nitrogens with zero attached hydrogens (tertiary/aromatic N) is 4. The van der Waals surface area contributed by atoms with Crippen molar-refractivity contribution >= 4 is 17.6 Å². The van der Waals surface area contributed by atoms with Gasteiger partial charge in [-0.05, 0) is 25.6 Å². The van der Waals surface area contributed by atoms with E-state index in [0.717, 1.165) is 38.3 Å². The molecule has 0 saturated carbocycles. The normalized spacial score (nSPS) is 19.3. The first-order valence-corrected chi connectivity index (χ1v) is 11.3. The van der Waals surface area contributed by atoms with Gasteiger partial charge in [-0.15, -0.1) is 0 Å². The Morgan fingerprint density at radius 1 is 1.09 bits per heavy atom. The van der Waals surface area contributed by atoms with Gasteiger partial charge in [-0.25, -0.2) is 4.98 Å². The maximum absolute atomic E-state index is 13.2. The van der Waals surface area contributed by atoms with Gasteiger partial charge in [0.2, 0.25) is 12.0 Å². The van der Waals surface area contributed by atoms with Gasteiger partial charge in [-0.2, -0.15) is 0 Å². The summed E-state index contributed by atoms with van der Waals surface area (Å²) in [4.78, 5) is 36.2. The van der Waals surface area contributed by atoms with Gasteiger partial charge in [0.15, 0.2) is 11.6 Å². The Kier molecular flexibility index (Phi) is 7.34. The van der Waals surface area contributed by atoms with Crippen molar-refractivity contribution in [1.29, 1.82) is 0 Å². The molecule has 0 aliphatic carbocycles. The summed E-state index contributed by atoms with van der Waals surface area (Å²) in [6, 6.07) is 13.1. The molecule has 8 heteroatoms. The van der Waals surface area contributed by atoms with Gasteiger partial charge in [0.25, 0.3) is 5.91 Å². The zero-order valence-corrected chi connectivity index (χ0v) is 18.6. The number of hydrogen-bond donors (Lipinski definition) is 1. The fourth-order valence-electron chi connectivity index (χ4n) is 4.07. The van der Waals surface area contributed by atoms with Crippen LogP contribution in [0, 0.1) is 0 Å². The minimum absolute atomic E-state index is 0.0145. The fourth-order valence-corrected chi connectivity index (χ4v) is 4.07. The number of ether oxygens (including phenoxy) is 1. The average Bonchev–Trinajstić information content (AvgIpc) is 2.82. The van der Waals surface area contributed by atoms with E-state index in [2.05, 4.69) is 27.1 Å². The van der Waals surface area contributed by atoms with E-state index >= 15 is 0 Å². The number of likely N-dealkylation sites (N-methyl/N-ethyl adjacent to an activating group) is 1. The summed E-state index contributed by atoms with van der Waals surface area (Å²) >= 11 is 0.